The Labute approximate surface area is 164 Å². The number of nitrogens with zero attached hydrogens (tertiary/aromatic N) is 3. The number of carbonyl (C=O) groups excluding carboxylic acids is 2. The fraction of sp³-hybridized carbons (Fsp3) is 0.333. The number of carbonyl (C=O) groups is 2. The molecule has 2 heterocycles. The molecule has 0 bridgehead atoms. The zero-order valence-corrected chi connectivity index (χ0v) is 16.0. The smallest absolute Gasteiger partial charge is 0.251 e. The second kappa shape index (κ2) is 7.33. The molecule has 2 fully saturated rings. The Hall–Kier alpha value is -2.37. The fourth-order valence-electron chi connectivity index (χ4n) is 3.91. The van der Waals surface area contributed by atoms with Gasteiger partial charge in [0.2, 0.25) is 5.91 Å². The van der Waals surface area contributed by atoms with Crippen LogP contribution in [0.2, 0.25) is 5.02 Å². The first kappa shape index (κ1) is 18.0. The monoisotopic (exact) mass is 383 g/mol. The van der Waals surface area contributed by atoms with Gasteiger partial charge in [-0.15, -0.1) is 0 Å². The molecule has 0 N–H and O–H groups in total. The Bertz CT molecular complexity index is 863. The molecule has 0 spiro atoms. The van der Waals surface area contributed by atoms with Crippen molar-refractivity contribution in [1.82, 2.24) is 4.90 Å². The molecule has 140 valence electrons. The Morgan fingerprint density at radius 3 is 2.37 bits per heavy atom. The molecule has 2 aliphatic heterocycles. The minimum atomic E-state index is -0.381. The van der Waals surface area contributed by atoms with Crippen molar-refractivity contribution < 1.29 is 9.59 Å². The van der Waals surface area contributed by atoms with Gasteiger partial charge in [0.15, 0.2) is 0 Å². The summed E-state index contributed by atoms with van der Waals surface area (Å²) in [5.41, 5.74) is 2.67. The number of hydrogen-bond donors (Lipinski definition) is 0. The molecule has 2 saturated heterocycles. The highest BCUT2D eigenvalue weighted by molar-refractivity contribution is 6.31. The lowest BCUT2D eigenvalue weighted by Gasteiger charge is -2.38. The largest absolute Gasteiger partial charge is 0.369 e. The van der Waals surface area contributed by atoms with Crippen LogP contribution < -0.4 is 9.80 Å². The van der Waals surface area contributed by atoms with Crippen molar-refractivity contribution >= 4 is 34.8 Å². The van der Waals surface area contributed by atoms with E-state index in [2.05, 4.69) is 21.9 Å². The molecule has 2 amide bonds. The summed E-state index contributed by atoms with van der Waals surface area (Å²) >= 11 is 6.08. The van der Waals surface area contributed by atoms with Gasteiger partial charge in [0.25, 0.3) is 5.91 Å². The average molecular weight is 384 g/mol. The van der Waals surface area contributed by atoms with Gasteiger partial charge in [0, 0.05) is 36.9 Å². The average Bonchev–Trinajstić information content (AvgIpc) is 2.99. The second-order valence-electron chi connectivity index (χ2n) is 7.08. The minimum absolute atomic E-state index is 0.140. The van der Waals surface area contributed by atoms with E-state index in [9.17, 15) is 9.59 Å². The number of para-hydroxylation sites is 1. The van der Waals surface area contributed by atoms with E-state index in [1.165, 1.54) is 10.6 Å². The van der Waals surface area contributed by atoms with Gasteiger partial charge in [0.05, 0.1) is 18.2 Å². The van der Waals surface area contributed by atoms with Crippen LogP contribution in [0.1, 0.15) is 12.0 Å². The van der Waals surface area contributed by atoms with Gasteiger partial charge in [-0.1, -0.05) is 35.9 Å². The summed E-state index contributed by atoms with van der Waals surface area (Å²) in [7, 11) is 0. The number of halogens is 1. The molecule has 2 aromatic carbocycles. The molecule has 2 aromatic rings. The Kier molecular flexibility index (Phi) is 4.89. The molecule has 0 saturated carbocycles. The standard InChI is InChI=1S/C21H22ClN3O2/c1-15-7-8-16(22)13-18(15)25-20(26)14-19(21(25)27)24-11-9-23(10-12-24)17-5-3-2-4-6-17/h2-8,13,19H,9-12,14H2,1H3/t19-/m0/s1. The minimum Gasteiger partial charge on any atom is -0.369 e. The van der Waals surface area contributed by atoms with E-state index in [-0.39, 0.29) is 24.3 Å². The Morgan fingerprint density at radius 1 is 0.963 bits per heavy atom. The van der Waals surface area contributed by atoms with E-state index in [1.54, 1.807) is 12.1 Å². The first-order chi connectivity index (χ1) is 13.0. The van der Waals surface area contributed by atoms with Gasteiger partial charge in [-0.2, -0.15) is 0 Å². The number of hydrogen-bond acceptors (Lipinski definition) is 4. The quantitative estimate of drug-likeness (QED) is 0.764. The number of benzene rings is 2. The van der Waals surface area contributed by atoms with E-state index >= 15 is 0 Å². The number of rotatable bonds is 3. The van der Waals surface area contributed by atoms with Crippen LogP contribution >= 0.6 is 11.6 Å². The lowest BCUT2D eigenvalue weighted by atomic mass is 10.1. The summed E-state index contributed by atoms with van der Waals surface area (Å²) in [6, 6.07) is 15.2. The van der Waals surface area contributed by atoms with Crippen molar-refractivity contribution in [3.63, 3.8) is 0 Å². The second-order valence-corrected chi connectivity index (χ2v) is 7.51. The van der Waals surface area contributed by atoms with Crippen LogP contribution in [0.3, 0.4) is 0 Å². The zero-order chi connectivity index (χ0) is 19.0. The van der Waals surface area contributed by atoms with Gasteiger partial charge < -0.3 is 4.90 Å². The highest BCUT2D eigenvalue weighted by Crippen LogP contribution is 2.31. The van der Waals surface area contributed by atoms with Crippen LogP contribution in [0.15, 0.2) is 48.5 Å². The van der Waals surface area contributed by atoms with Crippen LogP contribution in [-0.4, -0.2) is 48.9 Å². The molecule has 0 radical (unpaired) electrons. The van der Waals surface area contributed by atoms with Gasteiger partial charge in [0.1, 0.15) is 0 Å². The van der Waals surface area contributed by atoms with Crippen molar-refractivity contribution in [3.05, 3.63) is 59.1 Å². The summed E-state index contributed by atoms with van der Waals surface area (Å²) in [6.07, 6.45) is 0.232. The molecule has 1 atom stereocenters. The lowest BCUT2D eigenvalue weighted by Crippen LogP contribution is -2.52. The first-order valence-electron chi connectivity index (χ1n) is 9.21. The molecule has 0 aliphatic carbocycles. The predicted molar refractivity (Wildman–Crippen MR) is 107 cm³/mol. The van der Waals surface area contributed by atoms with Crippen LogP contribution in [0.25, 0.3) is 0 Å². The van der Waals surface area contributed by atoms with Crippen molar-refractivity contribution in [1.29, 1.82) is 0 Å². The van der Waals surface area contributed by atoms with Gasteiger partial charge in [-0.3, -0.25) is 14.5 Å². The van der Waals surface area contributed by atoms with E-state index < -0.39 is 0 Å². The van der Waals surface area contributed by atoms with Crippen LogP contribution in [0.4, 0.5) is 11.4 Å². The summed E-state index contributed by atoms with van der Waals surface area (Å²) in [4.78, 5) is 31.4. The van der Waals surface area contributed by atoms with Crippen molar-refractivity contribution in [2.45, 2.75) is 19.4 Å². The van der Waals surface area contributed by atoms with Crippen LogP contribution in [-0.2, 0) is 9.59 Å². The third-order valence-corrected chi connectivity index (χ3v) is 5.65. The fourth-order valence-corrected chi connectivity index (χ4v) is 4.07. The van der Waals surface area contributed by atoms with Crippen LogP contribution in [0, 0.1) is 6.92 Å². The Balaban J connectivity index is 1.47. The molecule has 0 aromatic heterocycles. The maximum absolute atomic E-state index is 13.0. The maximum Gasteiger partial charge on any atom is 0.251 e. The van der Waals surface area contributed by atoms with E-state index in [0.717, 1.165) is 31.7 Å². The van der Waals surface area contributed by atoms with Crippen molar-refractivity contribution in [2.75, 3.05) is 36.0 Å². The summed E-state index contributed by atoms with van der Waals surface area (Å²) in [5.74, 6) is -0.292. The van der Waals surface area contributed by atoms with Gasteiger partial charge >= 0.3 is 0 Å². The molecule has 5 nitrogen and oxygen atoms in total. The number of amides is 2. The van der Waals surface area contributed by atoms with E-state index in [4.69, 9.17) is 11.6 Å². The number of imide groups is 1. The highest BCUT2D eigenvalue weighted by Gasteiger charge is 2.43. The molecule has 2 aliphatic rings. The first-order valence-corrected chi connectivity index (χ1v) is 9.59. The molecule has 6 heteroatoms. The summed E-state index contributed by atoms with van der Waals surface area (Å²) < 4.78 is 0. The van der Waals surface area contributed by atoms with Crippen molar-refractivity contribution in [3.8, 4) is 0 Å². The third kappa shape index (κ3) is 3.45. The Morgan fingerprint density at radius 2 is 1.67 bits per heavy atom. The zero-order valence-electron chi connectivity index (χ0n) is 15.3. The summed E-state index contributed by atoms with van der Waals surface area (Å²) in [6.45, 7) is 5.11. The number of piperazine rings is 1. The normalized spacial score (nSPS) is 21.2. The van der Waals surface area contributed by atoms with Crippen molar-refractivity contribution in [2.24, 2.45) is 0 Å². The molecule has 0 unspecified atom stereocenters. The molecule has 27 heavy (non-hydrogen) atoms. The predicted octanol–water partition coefficient (Wildman–Crippen LogP) is 3.10. The lowest BCUT2D eigenvalue weighted by molar-refractivity contribution is -0.123. The molecular formula is C21H22ClN3O2. The SMILES string of the molecule is Cc1ccc(Cl)cc1N1C(=O)C[C@H](N2CCN(c3ccccc3)CC2)C1=O. The van der Waals surface area contributed by atoms with E-state index in [1.807, 2.05) is 31.2 Å². The number of anilines is 2. The van der Waals surface area contributed by atoms with E-state index in [0.29, 0.717) is 10.7 Å². The molecular weight excluding hydrogens is 362 g/mol. The van der Waals surface area contributed by atoms with Crippen LogP contribution in [0.5, 0.6) is 0 Å². The highest BCUT2D eigenvalue weighted by atomic mass is 35.5. The topological polar surface area (TPSA) is 43.9 Å². The van der Waals surface area contributed by atoms with Gasteiger partial charge in [-0.05, 0) is 36.8 Å². The third-order valence-electron chi connectivity index (χ3n) is 5.41. The maximum atomic E-state index is 13.0. The number of aryl methyl sites for hydroxylation is 1. The van der Waals surface area contributed by atoms with Gasteiger partial charge in [-0.25, -0.2) is 4.90 Å². The molecule has 4 rings (SSSR count). The summed E-state index contributed by atoms with van der Waals surface area (Å²) in [5, 5.41) is 0.524.